The first-order valence-electron chi connectivity index (χ1n) is 29.1. The van der Waals surface area contributed by atoms with Crippen LogP contribution in [0.2, 0.25) is 0 Å². The molecule has 0 saturated heterocycles. The Morgan fingerprint density at radius 3 is 0.943 bits per heavy atom. The average Bonchev–Trinajstić information content (AvgIpc) is 3.36. The predicted molar refractivity (Wildman–Crippen MR) is 306 cm³/mol. The number of carbonyl (C=O) groups is 2. The van der Waals surface area contributed by atoms with E-state index in [2.05, 4.69) is 135 Å². The Hall–Kier alpha value is -3.70. The first-order valence-corrected chi connectivity index (χ1v) is 29.1. The van der Waals surface area contributed by atoms with Crippen molar-refractivity contribution in [2.75, 3.05) is 13.2 Å². The van der Waals surface area contributed by atoms with Gasteiger partial charge in [0.1, 0.15) is 6.61 Å². The van der Waals surface area contributed by atoms with Crippen LogP contribution in [0.4, 0.5) is 0 Å². The summed E-state index contributed by atoms with van der Waals surface area (Å²) >= 11 is 0. The van der Waals surface area contributed by atoms with E-state index in [4.69, 9.17) is 9.47 Å². The maximum absolute atomic E-state index is 12.3. The highest BCUT2D eigenvalue weighted by Crippen LogP contribution is 2.15. The van der Waals surface area contributed by atoms with Gasteiger partial charge in [-0.15, -0.1) is 0 Å². The van der Waals surface area contributed by atoms with Crippen molar-refractivity contribution in [3.8, 4) is 0 Å². The Morgan fingerprint density at radius 2 is 0.614 bits per heavy atom. The zero-order valence-corrected chi connectivity index (χ0v) is 45.5. The van der Waals surface area contributed by atoms with Gasteiger partial charge in [0.25, 0.3) is 0 Å². The van der Waals surface area contributed by atoms with Crippen LogP contribution in [0.5, 0.6) is 0 Å². The summed E-state index contributed by atoms with van der Waals surface area (Å²) < 4.78 is 10.7. The summed E-state index contributed by atoms with van der Waals surface area (Å²) in [6, 6.07) is 0. The number of rotatable bonds is 52. The molecule has 0 spiro atoms. The monoisotopic (exact) mass is 969 g/mol. The molecule has 0 radical (unpaired) electrons. The molecule has 70 heavy (non-hydrogen) atoms. The fourth-order valence-electron chi connectivity index (χ4n) is 7.90. The average molecular weight is 970 g/mol. The molecule has 0 saturated carbocycles. The number of esters is 2. The zero-order chi connectivity index (χ0) is 50.6. The van der Waals surface area contributed by atoms with E-state index in [-0.39, 0.29) is 25.2 Å². The molecule has 0 fully saturated rings. The smallest absolute Gasteiger partial charge is 0.306 e. The SMILES string of the molecule is CC/C=C\C/C=C\C/C=C\C/C=C\C/C=C\C/C=C\C/C=C\C/C=C\C/C=C\CCCCCCCCCCCCCC(=O)OC(CO)COC(=O)CCCCCCCCC/C=C\CCCCCCCC. The fraction of sp³-hybridized carbons (Fsp3) is 0.662. The molecular formula is C65H108O5. The highest BCUT2D eigenvalue weighted by molar-refractivity contribution is 5.70. The van der Waals surface area contributed by atoms with E-state index in [0.29, 0.717) is 12.8 Å². The molecule has 0 bridgehead atoms. The highest BCUT2D eigenvalue weighted by Gasteiger charge is 2.16. The maximum atomic E-state index is 12.3. The molecule has 0 heterocycles. The van der Waals surface area contributed by atoms with Crippen LogP contribution < -0.4 is 0 Å². The fourth-order valence-corrected chi connectivity index (χ4v) is 7.90. The van der Waals surface area contributed by atoms with Crippen LogP contribution in [0.1, 0.15) is 258 Å². The van der Waals surface area contributed by atoms with Crippen molar-refractivity contribution in [2.45, 2.75) is 264 Å². The topological polar surface area (TPSA) is 72.8 Å². The van der Waals surface area contributed by atoms with Crippen molar-refractivity contribution in [1.29, 1.82) is 0 Å². The van der Waals surface area contributed by atoms with Gasteiger partial charge < -0.3 is 14.6 Å². The van der Waals surface area contributed by atoms with Crippen molar-refractivity contribution < 1.29 is 24.2 Å². The lowest BCUT2D eigenvalue weighted by molar-refractivity contribution is -0.161. The largest absolute Gasteiger partial charge is 0.462 e. The lowest BCUT2D eigenvalue weighted by Gasteiger charge is -2.15. The standard InChI is InChI=1S/C65H108O5/c1-3-5-7-9-11-13-15-17-19-21-22-23-24-25-26-27-28-29-30-31-32-33-34-35-36-37-38-39-40-41-42-44-46-48-50-52-54-56-58-60-65(68)70-63(61-66)62-69-64(67)59-57-55-53-51-49-47-45-43-20-18-16-14-12-10-8-6-4-2/h5,7,11,13,17-20,22-23,25-26,28-29,31-32,34-35,37-38,63,66H,3-4,6,8-10,12,14-16,21,24,27,30,33,36,39-62H2,1-2H3/b7-5-,13-11-,19-17-,20-18-,23-22-,26-25-,29-28-,32-31-,35-34-,38-37-. The van der Waals surface area contributed by atoms with Crippen LogP contribution in [0.15, 0.2) is 122 Å². The van der Waals surface area contributed by atoms with Gasteiger partial charge in [0.05, 0.1) is 6.61 Å². The van der Waals surface area contributed by atoms with Gasteiger partial charge >= 0.3 is 11.9 Å². The van der Waals surface area contributed by atoms with Gasteiger partial charge in [0.2, 0.25) is 0 Å². The molecule has 0 aliphatic carbocycles. The third-order valence-corrected chi connectivity index (χ3v) is 12.2. The second-order valence-corrected chi connectivity index (χ2v) is 19.0. The molecule has 5 nitrogen and oxygen atoms in total. The number of hydrogen-bond acceptors (Lipinski definition) is 5. The van der Waals surface area contributed by atoms with Gasteiger partial charge in [-0.05, 0) is 109 Å². The Labute approximate surface area is 433 Å². The van der Waals surface area contributed by atoms with Crippen LogP contribution >= 0.6 is 0 Å². The molecule has 1 unspecified atom stereocenters. The molecule has 0 aliphatic heterocycles. The third kappa shape index (κ3) is 56.9. The first-order chi connectivity index (χ1) is 34.6. The van der Waals surface area contributed by atoms with Gasteiger partial charge in [-0.3, -0.25) is 9.59 Å². The predicted octanol–water partition coefficient (Wildman–Crippen LogP) is 19.9. The van der Waals surface area contributed by atoms with Gasteiger partial charge in [-0.2, -0.15) is 0 Å². The minimum Gasteiger partial charge on any atom is -0.462 e. The van der Waals surface area contributed by atoms with Gasteiger partial charge in [0, 0.05) is 12.8 Å². The van der Waals surface area contributed by atoms with Gasteiger partial charge in [-0.25, -0.2) is 0 Å². The second-order valence-electron chi connectivity index (χ2n) is 19.0. The van der Waals surface area contributed by atoms with E-state index in [1.807, 2.05) is 0 Å². The summed E-state index contributed by atoms with van der Waals surface area (Å²) in [5.74, 6) is -0.600. The van der Waals surface area contributed by atoms with E-state index >= 15 is 0 Å². The Bertz CT molecular complexity index is 1420. The molecule has 398 valence electrons. The number of ether oxygens (including phenoxy) is 2. The lowest BCUT2D eigenvalue weighted by Crippen LogP contribution is -2.28. The molecule has 0 rings (SSSR count). The minimum absolute atomic E-state index is 0.0733. The van der Waals surface area contributed by atoms with Crippen molar-refractivity contribution in [2.24, 2.45) is 0 Å². The number of allylic oxidation sites excluding steroid dienone is 20. The van der Waals surface area contributed by atoms with E-state index < -0.39 is 6.10 Å². The van der Waals surface area contributed by atoms with E-state index in [0.717, 1.165) is 96.3 Å². The maximum Gasteiger partial charge on any atom is 0.306 e. The number of aliphatic hydroxyl groups is 1. The summed E-state index contributed by atoms with van der Waals surface area (Å²) in [7, 11) is 0. The minimum atomic E-state index is -0.782. The van der Waals surface area contributed by atoms with Crippen LogP contribution in [-0.4, -0.2) is 36.4 Å². The number of hydrogen-bond donors (Lipinski definition) is 1. The summed E-state index contributed by atoms with van der Waals surface area (Å²) in [6.07, 6.45) is 87.4. The molecule has 0 aromatic carbocycles. The number of unbranched alkanes of at least 4 members (excludes halogenated alkanes) is 24. The molecular weight excluding hydrogens is 861 g/mol. The summed E-state index contributed by atoms with van der Waals surface area (Å²) in [6.45, 7) is 4.02. The third-order valence-electron chi connectivity index (χ3n) is 12.2. The van der Waals surface area contributed by atoms with Gasteiger partial charge in [0.15, 0.2) is 6.10 Å². The van der Waals surface area contributed by atoms with Crippen molar-refractivity contribution in [3.05, 3.63) is 122 Å². The summed E-state index contributed by atoms with van der Waals surface area (Å²) in [5.41, 5.74) is 0. The van der Waals surface area contributed by atoms with E-state index in [9.17, 15) is 14.7 Å². The summed E-state index contributed by atoms with van der Waals surface area (Å²) in [4.78, 5) is 24.5. The molecule has 1 atom stereocenters. The normalized spacial score (nSPS) is 13.1. The van der Waals surface area contributed by atoms with E-state index in [1.54, 1.807) is 0 Å². The molecule has 1 N–H and O–H groups in total. The Morgan fingerprint density at radius 1 is 0.343 bits per heavy atom. The number of aliphatic hydroxyl groups excluding tert-OH is 1. The van der Waals surface area contributed by atoms with Crippen molar-refractivity contribution in [3.63, 3.8) is 0 Å². The number of carbonyl (C=O) groups excluding carboxylic acids is 2. The Balaban J connectivity index is 3.56. The zero-order valence-electron chi connectivity index (χ0n) is 45.5. The van der Waals surface area contributed by atoms with Gasteiger partial charge in [-0.1, -0.05) is 257 Å². The first kappa shape index (κ1) is 66.3. The van der Waals surface area contributed by atoms with Crippen LogP contribution in [0.3, 0.4) is 0 Å². The van der Waals surface area contributed by atoms with Crippen molar-refractivity contribution >= 4 is 11.9 Å². The molecule has 0 aromatic rings. The van der Waals surface area contributed by atoms with Crippen LogP contribution in [-0.2, 0) is 19.1 Å². The lowest BCUT2D eigenvalue weighted by atomic mass is 10.0. The van der Waals surface area contributed by atoms with Crippen LogP contribution in [0.25, 0.3) is 0 Å². The quantitative estimate of drug-likeness (QED) is 0.0374. The van der Waals surface area contributed by atoms with Crippen molar-refractivity contribution in [1.82, 2.24) is 0 Å². The molecule has 0 aromatic heterocycles. The Kier molecular flexibility index (Phi) is 56.5. The molecule has 0 amide bonds. The molecule has 5 heteroatoms. The highest BCUT2D eigenvalue weighted by atomic mass is 16.6. The van der Waals surface area contributed by atoms with Crippen LogP contribution in [0, 0.1) is 0 Å². The second kappa shape index (κ2) is 59.6. The van der Waals surface area contributed by atoms with E-state index in [1.165, 1.54) is 135 Å². The molecule has 0 aliphatic rings. The summed E-state index contributed by atoms with van der Waals surface area (Å²) in [5, 5.41) is 9.64.